The Bertz CT molecular complexity index is 500. The van der Waals surface area contributed by atoms with Crippen LogP contribution in [0.5, 0.6) is 5.75 Å². The number of nitrogens with one attached hydrogen (secondary N) is 2. The summed E-state index contributed by atoms with van der Waals surface area (Å²) in [4.78, 5) is 0. The number of anilines is 1. The van der Waals surface area contributed by atoms with Crippen LogP contribution in [0.2, 0.25) is 0 Å². The fourth-order valence-corrected chi connectivity index (χ4v) is 3.02. The lowest BCUT2D eigenvalue weighted by Gasteiger charge is -2.34. The summed E-state index contributed by atoms with van der Waals surface area (Å²) in [7, 11) is 0. The number of aliphatic hydroxyl groups is 1. The number of aliphatic hydroxyl groups excluding tert-OH is 1. The monoisotopic (exact) mass is 342 g/mol. The van der Waals surface area contributed by atoms with E-state index in [0.717, 1.165) is 12.2 Å². The predicted octanol–water partition coefficient (Wildman–Crippen LogP) is 3.76. The molecular formula is C18H28F2N2O2. The van der Waals surface area contributed by atoms with Crippen LogP contribution in [0.15, 0.2) is 24.3 Å². The highest BCUT2D eigenvalue weighted by molar-refractivity contribution is 5.46. The van der Waals surface area contributed by atoms with E-state index in [0.29, 0.717) is 6.04 Å². The molecule has 0 bridgehead atoms. The van der Waals surface area contributed by atoms with Crippen molar-refractivity contribution in [2.24, 2.45) is 0 Å². The maximum atomic E-state index is 13.0. The van der Waals surface area contributed by atoms with Gasteiger partial charge >= 0.3 is 6.11 Å². The minimum absolute atomic E-state index is 0.0270. The van der Waals surface area contributed by atoms with Crippen molar-refractivity contribution in [1.29, 1.82) is 0 Å². The quantitative estimate of drug-likeness (QED) is 0.673. The second-order valence-corrected chi connectivity index (χ2v) is 7.14. The molecule has 24 heavy (non-hydrogen) atoms. The molecule has 0 saturated heterocycles. The van der Waals surface area contributed by atoms with E-state index in [1.807, 2.05) is 0 Å². The first-order valence-electron chi connectivity index (χ1n) is 8.59. The summed E-state index contributed by atoms with van der Waals surface area (Å²) < 4.78 is 30.4. The van der Waals surface area contributed by atoms with Crippen molar-refractivity contribution in [3.05, 3.63) is 24.3 Å². The molecule has 1 aromatic carbocycles. The molecule has 0 atom stereocenters. The Hall–Kier alpha value is -1.40. The summed E-state index contributed by atoms with van der Waals surface area (Å²) in [6, 6.07) is 6.90. The van der Waals surface area contributed by atoms with E-state index in [1.165, 1.54) is 44.2 Å². The van der Waals surface area contributed by atoms with Crippen molar-refractivity contribution in [2.75, 3.05) is 18.5 Å². The molecule has 0 amide bonds. The Labute approximate surface area is 142 Å². The van der Waals surface area contributed by atoms with Gasteiger partial charge in [-0.2, -0.15) is 8.78 Å². The molecule has 4 nitrogen and oxygen atoms in total. The van der Waals surface area contributed by atoms with Crippen molar-refractivity contribution in [2.45, 2.75) is 63.6 Å². The first kappa shape index (κ1) is 18.9. The van der Waals surface area contributed by atoms with Gasteiger partial charge in [-0.3, -0.25) is 0 Å². The number of rotatable bonds is 8. The number of alkyl halides is 2. The summed E-state index contributed by atoms with van der Waals surface area (Å²) in [6.45, 7) is 3.71. The normalized spacial score (nSPS) is 16.9. The van der Waals surface area contributed by atoms with Crippen LogP contribution >= 0.6 is 0 Å². The van der Waals surface area contributed by atoms with Gasteiger partial charge in [-0.05, 0) is 51.0 Å². The zero-order valence-corrected chi connectivity index (χ0v) is 14.4. The molecule has 3 N–H and O–H groups in total. The molecule has 0 unspecified atom stereocenters. The SMILES string of the molecule is CC(C)(CNc1ccc(OC(F)(F)CO)cc1)NC1CCCCC1. The van der Waals surface area contributed by atoms with E-state index in [-0.39, 0.29) is 11.3 Å². The van der Waals surface area contributed by atoms with Crippen LogP contribution in [-0.2, 0) is 0 Å². The molecule has 0 spiro atoms. The summed E-state index contributed by atoms with van der Waals surface area (Å²) in [5.74, 6) is 0.0270. The number of benzene rings is 1. The molecule has 2 rings (SSSR count). The molecule has 1 aromatic rings. The zero-order valence-electron chi connectivity index (χ0n) is 14.4. The van der Waals surface area contributed by atoms with Crippen molar-refractivity contribution < 1.29 is 18.6 Å². The van der Waals surface area contributed by atoms with Crippen molar-refractivity contribution in [1.82, 2.24) is 5.32 Å². The van der Waals surface area contributed by atoms with E-state index in [1.54, 1.807) is 12.1 Å². The second-order valence-electron chi connectivity index (χ2n) is 7.14. The lowest BCUT2D eigenvalue weighted by Crippen LogP contribution is -2.50. The van der Waals surface area contributed by atoms with Crippen LogP contribution in [0, 0.1) is 0 Å². The number of halogens is 2. The predicted molar refractivity (Wildman–Crippen MR) is 91.7 cm³/mol. The van der Waals surface area contributed by atoms with Gasteiger partial charge in [-0.15, -0.1) is 0 Å². The third-order valence-electron chi connectivity index (χ3n) is 4.24. The standard InChI is InChI=1S/C18H28F2N2O2/c1-17(2,22-15-6-4-3-5-7-15)12-21-14-8-10-16(11-9-14)24-18(19,20)13-23/h8-11,15,21-23H,3-7,12-13H2,1-2H3. The highest BCUT2D eigenvalue weighted by Gasteiger charge is 2.30. The van der Waals surface area contributed by atoms with Gasteiger partial charge in [0.05, 0.1) is 0 Å². The highest BCUT2D eigenvalue weighted by atomic mass is 19.3. The smallest absolute Gasteiger partial charge is 0.421 e. The first-order chi connectivity index (χ1) is 11.3. The Morgan fingerprint density at radius 2 is 1.75 bits per heavy atom. The summed E-state index contributed by atoms with van der Waals surface area (Å²) in [5, 5.41) is 15.5. The third kappa shape index (κ3) is 6.24. The van der Waals surface area contributed by atoms with Crippen molar-refractivity contribution >= 4 is 5.69 Å². The van der Waals surface area contributed by atoms with Gasteiger partial charge in [0.2, 0.25) is 0 Å². The number of hydrogen-bond acceptors (Lipinski definition) is 4. The topological polar surface area (TPSA) is 53.5 Å². The van der Waals surface area contributed by atoms with Crippen LogP contribution in [-0.4, -0.2) is 35.9 Å². The lowest BCUT2D eigenvalue weighted by atomic mass is 9.92. The minimum atomic E-state index is -3.55. The largest absolute Gasteiger partial charge is 0.431 e. The van der Waals surface area contributed by atoms with Gasteiger partial charge in [0.1, 0.15) is 12.4 Å². The molecule has 136 valence electrons. The van der Waals surface area contributed by atoms with E-state index in [2.05, 4.69) is 29.2 Å². The average molecular weight is 342 g/mol. The maximum Gasteiger partial charge on any atom is 0.421 e. The average Bonchev–Trinajstić information content (AvgIpc) is 2.54. The summed E-state index contributed by atoms with van der Waals surface area (Å²) in [6.07, 6.45) is 2.83. The lowest BCUT2D eigenvalue weighted by molar-refractivity contribution is -0.200. The molecule has 1 saturated carbocycles. The van der Waals surface area contributed by atoms with Crippen molar-refractivity contribution in [3.63, 3.8) is 0 Å². The van der Waals surface area contributed by atoms with E-state index in [9.17, 15) is 8.78 Å². The maximum absolute atomic E-state index is 13.0. The fourth-order valence-electron chi connectivity index (χ4n) is 3.02. The third-order valence-corrected chi connectivity index (χ3v) is 4.24. The molecule has 0 radical (unpaired) electrons. The first-order valence-corrected chi connectivity index (χ1v) is 8.59. The van der Waals surface area contributed by atoms with Crippen molar-refractivity contribution in [3.8, 4) is 5.75 Å². The van der Waals surface area contributed by atoms with E-state index >= 15 is 0 Å². The van der Waals surface area contributed by atoms with E-state index < -0.39 is 12.7 Å². The molecule has 0 aromatic heterocycles. The number of ether oxygens (including phenoxy) is 1. The van der Waals surface area contributed by atoms with Crippen LogP contribution in [0.3, 0.4) is 0 Å². The van der Waals surface area contributed by atoms with Crippen LogP contribution in [0.1, 0.15) is 46.0 Å². The highest BCUT2D eigenvalue weighted by Crippen LogP contribution is 2.24. The fraction of sp³-hybridized carbons (Fsp3) is 0.667. The molecule has 1 aliphatic rings. The Balaban J connectivity index is 1.82. The molecule has 0 heterocycles. The van der Waals surface area contributed by atoms with Gasteiger partial charge in [0.15, 0.2) is 0 Å². The molecular weight excluding hydrogens is 314 g/mol. The Morgan fingerprint density at radius 1 is 1.12 bits per heavy atom. The molecule has 1 fully saturated rings. The Morgan fingerprint density at radius 3 is 2.33 bits per heavy atom. The minimum Gasteiger partial charge on any atom is -0.431 e. The van der Waals surface area contributed by atoms with Crippen LogP contribution in [0.4, 0.5) is 14.5 Å². The Kier molecular flexibility index (Phi) is 6.40. The molecule has 6 heteroatoms. The molecule has 1 aliphatic carbocycles. The zero-order chi connectivity index (χ0) is 17.6. The summed E-state index contributed by atoms with van der Waals surface area (Å²) >= 11 is 0. The molecule has 0 aliphatic heterocycles. The van der Waals surface area contributed by atoms with Gasteiger partial charge in [0, 0.05) is 23.8 Å². The van der Waals surface area contributed by atoms with Gasteiger partial charge in [-0.25, -0.2) is 0 Å². The van der Waals surface area contributed by atoms with E-state index in [4.69, 9.17) is 5.11 Å². The van der Waals surface area contributed by atoms with Crippen LogP contribution < -0.4 is 15.4 Å². The van der Waals surface area contributed by atoms with Crippen LogP contribution in [0.25, 0.3) is 0 Å². The van der Waals surface area contributed by atoms with Gasteiger partial charge in [-0.1, -0.05) is 19.3 Å². The van der Waals surface area contributed by atoms with Gasteiger partial charge in [0.25, 0.3) is 0 Å². The number of hydrogen-bond donors (Lipinski definition) is 3. The van der Waals surface area contributed by atoms with Gasteiger partial charge < -0.3 is 20.5 Å². The second kappa shape index (κ2) is 8.12. The summed E-state index contributed by atoms with van der Waals surface area (Å²) in [5.41, 5.74) is 0.786.